The number of carbonyl (C=O) groups is 2. The molecule has 1 aromatic heterocycles. The standard InChI is InChI=1S/C23H18N2O4S/c26-22(28-15-21-25-19-8-4-5-9-20(19)30-21)14-24-23(27)16-10-12-18(13-11-16)29-17-6-2-1-3-7-17/h1-13H,14-15H2,(H,24,27). The van der Waals surface area contributed by atoms with Gasteiger partial charge in [0.1, 0.15) is 29.7 Å². The number of fused-ring (bicyclic) bond motifs is 1. The van der Waals surface area contributed by atoms with Crippen LogP contribution in [0, 0.1) is 0 Å². The van der Waals surface area contributed by atoms with Gasteiger partial charge in [-0.15, -0.1) is 11.3 Å². The van der Waals surface area contributed by atoms with Gasteiger partial charge in [-0.3, -0.25) is 9.59 Å². The van der Waals surface area contributed by atoms with E-state index in [1.165, 1.54) is 11.3 Å². The first-order valence-electron chi connectivity index (χ1n) is 9.28. The van der Waals surface area contributed by atoms with Gasteiger partial charge >= 0.3 is 5.97 Å². The van der Waals surface area contributed by atoms with E-state index in [0.717, 1.165) is 10.2 Å². The summed E-state index contributed by atoms with van der Waals surface area (Å²) in [5, 5.41) is 3.27. The summed E-state index contributed by atoms with van der Waals surface area (Å²) >= 11 is 1.47. The molecule has 0 atom stereocenters. The van der Waals surface area contributed by atoms with Crippen molar-refractivity contribution < 1.29 is 19.1 Å². The maximum Gasteiger partial charge on any atom is 0.325 e. The third kappa shape index (κ3) is 5.01. The van der Waals surface area contributed by atoms with E-state index in [0.29, 0.717) is 22.1 Å². The molecule has 0 aliphatic carbocycles. The summed E-state index contributed by atoms with van der Waals surface area (Å²) in [4.78, 5) is 28.6. The van der Waals surface area contributed by atoms with Crippen LogP contribution in [0.5, 0.6) is 11.5 Å². The van der Waals surface area contributed by atoms with Gasteiger partial charge in [-0.25, -0.2) is 4.98 Å². The quantitative estimate of drug-likeness (QED) is 0.445. The van der Waals surface area contributed by atoms with E-state index in [4.69, 9.17) is 9.47 Å². The normalized spacial score (nSPS) is 10.5. The molecule has 7 heteroatoms. The van der Waals surface area contributed by atoms with E-state index in [1.54, 1.807) is 24.3 Å². The number of benzene rings is 3. The molecule has 1 amide bonds. The van der Waals surface area contributed by atoms with Gasteiger partial charge in [0.2, 0.25) is 0 Å². The molecule has 6 nitrogen and oxygen atoms in total. The topological polar surface area (TPSA) is 77.5 Å². The third-order valence-electron chi connectivity index (χ3n) is 4.18. The van der Waals surface area contributed by atoms with Crippen molar-refractivity contribution in [2.45, 2.75) is 6.61 Å². The van der Waals surface area contributed by atoms with E-state index in [9.17, 15) is 9.59 Å². The van der Waals surface area contributed by atoms with Crippen molar-refractivity contribution in [3.05, 3.63) is 89.4 Å². The highest BCUT2D eigenvalue weighted by Gasteiger charge is 2.11. The molecule has 0 radical (unpaired) electrons. The Morgan fingerprint density at radius 3 is 2.33 bits per heavy atom. The smallest absolute Gasteiger partial charge is 0.325 e. The summed E-state index contributed by atoms with van der Waals surface area (Å²) in [6.45, 7) is -0.133. The molecule has 30 heavy (non-hydrogen) atoms. The van der Waals surface area contributed by atoms with E-state index >= 15 is 0 Å². The number of amides is 1. The fourth-order valence-electron chi connectivity index (χ4n) is 2.73. The van der Waals surface area contributed by atoms with Crippen LogP contribution in [0.25, 0.3) is 10.2 Å². The van der Waals surface area contributed by atoms with Crippen molar-refractivity contribution in [2.24, 2.45) is 0 Å². The second-order valence-electron chi connectivity index (χ2n) is 6.36. The van der Waals surface area contributed by atoms with Crippen LogP contribution in [0.1, 0.15) is 15.4 Å². The fraction of sp³-hybridized carbons (Fsp3) is 0.0870. The SMILES string of the molecule is O=C(CNC(=O)c1ccc(Oc2ccccc2)cc1)OCc1nc2ccccc2s1. The Morgan fingerprint density at radius 1 is 0.867 bits per heavy atom. The zero-order valence-corrected chi connectivity index (χ0v) is 16.7. The van der Waals surface area contributed by atoms with Crippen LogP contribution in [-0.4, -0.2) is 23.4 Å². The van der Waals surface area contributed by atoms with E-state index < -0.39 is 5.97 Å². The lowest BCUT2D eigenvalue weighted by Crippen LogP contribution is -2.30. The molecule has 3 aromatic carbocycles. The first-order chi connectivity index (χ1) is 14.7. The predicted octanol–water partition coefficient (Wildman–Crippen LogP) is 4.56. The number of ether oxygens (including phenoxy) is 2. The van der Waals surface area contributed by atoms with Crippen LogP contribution in [0.4, 0.5) is 0 Å². The molecule has 0 unspecified atom stereocenters. The second-order valence-corrected chi connectivity index (χ2v) is 7.47. The molecule has 0 fully saturated rings. The minimum atomic E-state index is -0.522. The highest BCUT2D eigenvalue weighted by atomic mass is 32.1. The number of para-hydroxylation sites is 2. The van der Waals surface area contributed by atoms with Gasteiger partial charge in [0.25, 0.3) is 5.91 Å². The summed E-state index contributed by atoms with van der Waals surface area (Å²) < 4.78 is 11.9. The number of aromatic nitrogens is 1. The Balaban J connectivity index is 1.25. The molecule has 1 heterocycles. The zero-order chi connectivity index (χ0) is 20.8. The molecule has 0 aliphatic heterocycles. The zero-order valence-electron chi connectivity index (χ0n) is 15.9. The van der Waals surface area contributed by atoms with Crippen molar-refractivity contribution in [3.8, 4) is 11.5 Å². The van der Waals surface area contributed by atoms with Crippen molar-refractivity contribution in [3.63, 3.8) is 0 Å². The Bertz CT molecular complexity index is 1120. The number of esters is 1. The molecule has 0 spiro atoms. The maximum absolute atomic E-state index is 12.2. The average molecular weight is 418 g/mol. The number of rotatable bonds is 7. The Labute approximate surface area is 177 Å². The Hall–Kier alpha value is -3.71. The number of nitrogens with zero attached hydrogens (tertiary/aromatic N) is 1. The second kappa shape index (κ2) is 9.19. The summed E-state index contributed by atoms with van der Waals surface area (Å²) in [5.41, 5.74) is 1.30. The van der Waals surface area contributed by atoms with Crippen LogP contribution < -0.4 is 10.1 Å². The number of hydrogen-bond acceptors (Lipinski definition) is 6. The van der Waals surface area contributed by atoms with Crippen molar-refractivity contribution >= 4 is 33.4 Å². The minimum Gasteiger partial charge on any atom is -0.457 e. The lowest BCUT2D eigenvalue weighted by molar-refractivity contribution is -0.143. The molecule has 1 N–H and O–H groups in total. The highest BCUT2D eigenvalue weighted by molar-refractivity contribution is 7.18. The molecule has 4 aromatic rings. The molecule has 0 saturated heterocycles. The minimum absolute atomic E-state index is 0.0829. The van der Waals surface area contributed by atoms with Crippen molar-refractivity contribution in [2.75, 3.05) is 6.54 Å². The van der Waals surface area contributed by atoms with Gasteiger partial charge < -0.3 is 14.8 Å². The molecular weight excluding hydrogens is 400 g/mol. The Kier molecular flexibility index (Phi) is 6.01. The van der Waals surface area contributed by atoms with Crippen LogP contribution in [0.2, 0.25) is 0 Å². The van der Waals surface area contributed by atoms with Gasteiger partial charge in [-0.05, 0) is 48.5 Å². The lowest BCUT2D eigenvalue weighted by atomic mass is 10.2. The summed E-state index contributed by atoms with van der Waals surface area (Å²) in [6, 6.07) is 23.8. The van der Waals surface area contributed by atoms with Crippen LogP contribution >= 0.6 is 11.3 Å². The van der Waals surface area contributed by atoms with Gasteiger partial charge in [0.15, 0.2) is 0 Å². The van der Waals surface area contributed by atoms with E-state index in [2.05, 4.69) is 10.3 Å². The van der Waals surface area contributed by atoms with Gasteiger partial charge in [-0.1, -0.05) is 30.3 Å². The van der Waals surface area contributed by atoms with E-state index in [-0.39, 0.29) is 19.1 Å². The molecule has 150 valence electrons. The molecule has 4 rings (SSSR count). The fourth-order valence-corrected chi connectivity index (χ4v) is 3.61. The first-order valence-corrected chi connectivity index (χ1v) is 10.1. The maximum atomic E-state index is 12.2. The number of thiazole rings is 1. The predicted molar refractivity (Wildman–Crippen MR) is 115 cm³/mol. The Morgan fingerprint density at radius 2 is 1.57 bits per heavy atom. The summed E-state index contributed by atoms with van der Waals surface area (Å²) in [7, 11) is 0. The van der Waals surface area contributed by atoms with Crippen molar-refractivity contribution in [1.29, 1.82) is 0 Å². The molecular formula is C23H18N2O4S. The number of hydrogen-bond donors (Lipinski definition) is 1. The summed E-state index contributed by atoms with van der Waals surface area (Å²) in [5.74, 6) is 0.448. The van der Waals surface area contributed by atoms with Gasteiger partial charge in [-0.2, -0.15) is 0 Å². The average Bonchev–Trinajstić information content (AvgIpc) is 3.20. The van der Waals surface area contributed by atoms with Crippen LogP contribution in [-0.2, 0) is 16.1 Å². The summed E-state index contributed by atoms with van der Waals surface area (Å²) in [6.07, 6.45) is 0. The van der Waals surface area contributed by atoms with Crippen LogP contribution in [0.15, 0.2) is 78.9 Å². The monoisotopic (exact) mass is 418 g/mol. The lowest BCUT2D eigenvalue weighted by Gasteiger charge is -2.07. The largest absolute Gasteiger partial charge is 0.457 e. The molecule has 0 bridgehead atoms. The van der Waals surface area contributed by atoms with Crippen LogP contribution in [0.3, 0.4) is 0 Å². The highest BCUT2D eigenvalue weighted by Crippen LogP contribution is 2.22. The van der Waals surface area contributed by atoms with Gasteiger partial charge in [0, 0.05) is 5.56 Å². The first kappa shape index (κ1) is 19.6. The van der Waals surface area contributed by atoms with Gasteiger partial charge in [0.05, 0.1) is 10.2 Å². The molecule has 0 aliphatic rings. The number of carbonyl (C=O) groups excluding carboxylic acids is 2. The molecule has 0 saturated carbocycles. The third-order valence-corrected chi connectivity index (χ3v) is 5.19. The number of nitrogens with one attached hydrogen (secondary N) is 1. The van der Waals surface area contributed by atoms with E-state index in [1.807, 2.05) is 54.6 Å². The van der Waals surface area contributed by atoms with Crippen molar-refractivity contribution in [1.82, 2.24) is 10.3 Å².